The van der Waals surface area contributed by atoms with Crippen molar-refractivity contribution < 1.29 is 17.9 Å². The monoisotopic (exact) mass is 483 g/mol. The number of nitrogens with zero attached hydrogens (tertiary/aromatic N) is 2. The molecule has 0 unspecified atom stereocenters. The Morgan fingerprint density at radius 1 is 1.09 bits per heavy atom. The lowest BCUT2D eigenvalue weighted by molar-refractivity contribution is 0.0582. The number of piperidine rings is 2. The highest BCUT2D eigenvalue weighted by molar-refractivity contribution is 7.89. The first-order valence-corrected chi connectivity index (χ1v) is 13.6. The molecule has 1 aromatic rings. The van der Waals surface area contributed by atoms with Gasteiger partial charge in [0.1, 0.15) is 6.61 Å². The van der Waals surface area contributed by atoms with Gasteiger partial charge in [-0.05, 0) is 82.2 Å². The van der Waals surface area contributed by atoms with Gasteiger partial charge in [0, 0.05) is 30.2 Å². The smallest absolute Gasteiger partial charge is 0.409 e. The zero-order chi connectivity index (χ0) is 22.7. The fraction of sp³-hybridized carbons (Fsp3) is 0.696. The maximum absolute atomic E-state index is 13.3. The van der Waals surface area contributed by atoms with Crippen molar-refractivity contribution in [2.24, 2.45) is 5.92 Å². The van der Waals surface area contributed by atoms with Crippen molar-refractivity contribution in [3.05, 3.63) is 29.3 Å². The number of ether oxygens (including phenoxy) is 1. The van der Waals surface area contributed by atoms with Gasteiger partial charge in [0.2, 0.25) is 10.0 Å². The minimum atomic E-state index is -3.70. The molecule has 0 bridgehead atoms. The standard InChI is InChI=1S/C23H34ClN3O4S/c1-17-3-2-4-21(27(17)32(29,30)22-9-7-19(24)8-10-22)16-31-23(28)26-13-11-20(12-14-26)25-15-18-5-6-18/h7-10,17-18,20-21,25H,2-6,11-16H2,1H3/t17-,21-/m1/s1. The first kappa shape index (κ1) is 23.8. The van der Waals surface area contributed by atoms with E-state index in [0.29, 0.717) is 30.6 Å². The van der Waals surface area contributed by atoms with Crippen molar-refractivity contribution in [3.63, 3.8) is 0 Å². The molecular weight excluding hydrogens is 450 g/mol. The Bertz CT molecular complexity index is 883. The molecule has 0 aromatic heterocycles. The number of hydrogen-bond donors (Lipinski definition) is 1. The van der Waals surface area contributed by atoms with Gasteiger partial charge in [-0.2, -0.15) is 4.31 Å². The van der Waals surface area contributed by atoms with Crippen LogP contribution >= 0.6 is 11.6 Å². The van der Waals surface area contributed by atoms with Crippen LogP contribution in [0, 0.1) is 5.92 Å². The van der Waals surface area contributed by atoms with Crippen LogP contribution in [0.3, 0.4) is 0 Å². The molecule has 1 aromatic carbocycles. The fourth-order valence-electron chi connectivity index (χ4n) is 4.76. The van der Waals surface area contributed by atoms with Gasteiger partial charge in [0.05, 0.1) is 10.9 Å². The molecule has 3 aliphatic rings. The van der Waals surface area contributed by atoms with Crippen LogP contribution in [0.5, 0.6) is 0 Å². The van der Waals surface area contributed by atoms with Gasteiger partial charge in [-0.25, -0.2) is 13.2 Å². The number of benzene rings is 1. The first-order valence-electron chi connectivity index (χ1n) is 11.8. The highest BCUT2D eigenvalue weighted by Gasteiger charge is 2.39. The van der Waals surface area contributed by atoms with Crippen molar-refractivity contribution in [1.29, 1.82) is 0 Å². The molecule has 3 fully saturated rings. The summed E-state index contributed by atoms with van der Waals surface area (Å²) in [6.07, 6.45) is 6.57. The second kappa shape index (κ2) is 10.3. The number of carbonyl (C=O) groups excluding carboxylic acids is 1. The number of rotatable bonds is 7. The molecule has 9 heteroatoms. The van der Waals surface area contributed by atoms with Gasteiger partial charge in [-0.15, -0.1) is 0 Å². The second-order valence-electron chi connectivity index (χ2n) is 9.41. The molecule has 4 rings (SSSR count). The molecule has 32 heavy (non-hydrogen) atoms. The van der Waals surface area contributed by atoms with E-state index in [1.807, 2.05) is 6.92 Å². The predicted molar refractivity (Wildman–Crippen MR) is 124 cm³/mol. The Labute approximate surface area is 196 Å². The number of sulfonamides is 1. The van der Waals surface area contributed by atoms with Crippen LogP contribution in [0.15, 0.2) is 29.2 Å². The van der Waals surface area contributed by atoms with E-state index in [4.69, 9.17) is 16.3 Å². The minimum Gasteiger partial charge on any atom is -0.448 e. The first-order chi connectivity index (χ1) is 15.3. The third-order valence-corrected chi connectivity index (χ3v) is 9.22. The summed E-state index contributed by atoms with van der Waals surface area (Å²) < 4.78 is 33.8. The lowest BCUT2D eigenvalue weighted by atomic mass is 10.0. The number of carbonyl (C=O) groups is 1. The van der Waals surface area contributed by atoms with Crippen LogP contribution < -0.4 is 5.32 Å². The summed E-state index contributed by atoms with van der Waals surface area (Å²) in [6, 6.07) is 6.19. The van der Waals surface area contributed by atoms with Gasteiger partial charge in [-0.3, -0.25) is 0 Å². The second-order valence-corrected chi connectivity index (χ2v) is 11.7. The van der Waals surface area contributed by atoms with E-state index in [0.717, 1.165) is 38.1 Å². The van der Waals surface area contributed by atoms with E-state index < -0.39 is 10.0 Å². The van der Waals surface area contributed by atoms with E-state index in [1.54, 1.807) is 17.0 Å². The molecular formula is C23H34ClN3O4S. The fourth-order valence-corrected chi connectivity index (χ4v) is 6.75. The van der Waals surface area contributed by atoms with Gasteiger partial charge in [0.15, 0.2) is 0 Å². The zero-order valence-corrected chi connectivity index (χ0v) is 20.3. The molecule has 2 saturated heterocycles. The Hall–Kier alpha value is -1.35. The van der Waals surface area contributed by atoms with E-state index in [2.05, 4.69) is 5.32 Å². The zero-order valence-electron chi connectivity index (χ0n) is 18.7. The summed E-state index contributed by atoms with van der Waals surface area (Å²) in [5.74, 6) is 0.850. The lowest BCUT2D eigenvalue weighted by Crippen LogP contribution is -2.51. The normalized spacial score (nSPS) is 25.6. The van der Waals surface area contributed by atoms with Gasteiger partial charge in [0.25, 0.3) is 0 Å². The number of amides is 1. The molecule has 2 aliphatic heterocycles. The summed E-state index contributed by atoms with van der Waals surface area (Å²) >= 11 is 5.93. The summed E-state index contributed by atoms with van der Waals surface area (Å²) in [4.78, 5) is 14.6. The van der Waals surface area contributed by atoms with Crippen LogP contribution in [0.4, 0.5) is 4.79 Å². The van der Waals surface area contributed by atoms with E-state index in [1.165, 1.54) is 29.3 Å². The Balaban J connectivity index is 1.32. The molecule has 2 atom stereocenters. The molecule has 1 N–H and O–H groups in total. The van der Waals surface area contributed by atoms with Crippen molar-refractivity contribution in [2.75, 3.05) is 26.2 Å². The van der Waals surface area contributed by atoms with Gasteiger partial charge in [-0.1, -0.05) is 18.0 Å². The van der Waals surface area contributed by atoms with Crippen LogP contribution in [0.25, 0.3) is 0 Å². The topological polar surface area (TPSA) is 79.0 Å². The summed E-state index contributed by atoms with van der Waals surface area (Å²) in [5.41, 5.74) is 0. The van der Waals surface area contributed by atoms with Gasteiger partial charge >= 0.3 is 6.09 Å². The Kier molecular flexibility index (Phi) is 7.65. The maximum atomic E-state index is 13.3. The van der Waals surface area contributed by atoms with E-state index >= 15 is 0 Å². The van der Waals surface area contributed by atoms with E-state index in [-0.39, 0.29) is 29.7 Å². The third-order valence-electron chi connectivity index (χ3n) is 6.89. The summed E-state index contributed by atoms with van der Waals surface area (Å²) in [6.45, 7) is 4.44. The van der Waals surface area contributed by atoms with Crippen LogP contribution in [0.1, 0.15) is 51.9 Å². The number of likely N-dealkylation sites (tertiary alicyclic amines) is 1. The largest absolute Gasteiger partial charge is 0.448 e. The van der Waals surface area contributed by atoms with E-state index in [9.17, 15) is 13.2 Å². The molecule has 1 saturated carbocycles. The average Bonchev–Trinajstić information content (AvgIpc) is 3.61. The third kappa shape index (κ3) is 5.76. The summed E-state index contributed by atoms with van der Waals surface area (Å²) in [5, 5.41) is 4.11. The molecule has 0 spiro atoms. The van der Waals surface area contributed by atoms with Crippen molar-refractivity contribution in [3.8, 4) is 0 Å². The van der Waals surface area contributed by atoms with Crippen molar-refractivity contribution >= 4 is 27.7 Å². The number of nitrogens with one attached hydrogen (secondary N) is 1. The SMILES string of the molecule is C[C@@H]1CCC[C@H](COC(=O)N2CCC(NCC3CC3)CC2)N1S(=O)(=O)c1ccc(Cl)cc1. The molecule has 178 valence electrons. The highest BCUT2D eigenvalue weighted by atomic mass is 35.5. The lowest BCUT2D eigenvalue weighted by Gasteiger charge is -2.39. The number of hydrogen-bond acceptors (Lipinski definition) is 5. The van der Waals surface area contributed by atoms with Crippen LogP contribution in [0.2, 0.25) is 5.02 Å². The van der Waals surface area contributed by atoms with Gasteiger partial charge < -0.3 is 15.0 Å². The number of halogens is 1. The Morgan fingerprint density at radius 3 is 2.44 bits per heavy atom. The average molecular weight is 484 g/mol. The molecule has 2 heterocycles. The highest BCUT2D eigenvalue weighted by Crippen LogP contribution is 2.31. The minimum absolute atomic E-state index is 0.0792. The molecule has 1 amide bonds. The van der Waals surface area contributed by atoms with Crippen molar-refractivity contribution in [2.45, 2.75) is 74.9 Å². The maximum Gasteiger partial charge on any atom is 0.409 e. The molecule has 0 radical (unpaired) electrons. The van der Waals surface area contributed by atoms with Crippen LogP contribution in [-0.2, 0) is 14.8 Å². The molecule has 7 nitrogen and oxygen atoms in total. The quantitative estimate of drug-likeness (QED) is 0.636. The predicted octanol–water partition coefficient (Wildman–Crippen LogP) is 3.87. The van der Waals surface area contributed by atoms with Crippen LogP contribution in [-0.4, -0.2) is 68.1 Å². The molecule has 1 aliphatic carbocycles. The summed E-state index contributed by atoms with van der Waals surface area (Å²) in [7, 11) is -3.70. The Morgan fingerprint density at radius 2 is 1.78 bits per heavy atom. The van der Waals surface area contributed by atoms with Crippen molar-refractivity contribution in [1.82, 2.24) is 14.5 Å².